The van der Waals surface area contributed by atoms with Crippen molar-refractivity contribution in [3.05, 3.63) is 95.9 Å². The van der Waals surface area contributed by atoms with E-state index < -0.39 is 0 Å². The molecule has 0 atom stereocenters. The van der Waals surface area contributed by atoms with Gasteiger partial charge in [-0.3, -0.25) is 9.98 Å². The van der Waals surface area contributed by atoms with E-state index in [9.17, 15) is 0 Å². The molecule has 3 aromatic rings. The smallest absolute Gasteiger partial charge is 1.00 e. The molecular formula is C23H19Cl2N2Zr. The maximum Gasteiger partial charge on any atom is 3.00 e. The van der Waals surface area contributed by atoms with Crippen LogP contribution in [0.2, 0.25) is 0 Å². The third kappa shape index (κ3) is 5.44. The Morgan fingerprint density at radius 1 is 0.964 bits per heavy atom. The van der Waals surface area contributed by atoms with Crippen molar-refractivity contribution in [2.45, 2.75) is 13.8 Å². The molecule has 1 radical (unpaired) electrons. The van der Waals surface area contributed by atoms with Crippen molar-refractivity contribution in [2.24, 2.45) is 4.99 Å². The fourth-order valence-electron chi connectivity index (χ4n) is 3.03. The SMILES string of the molecule is CC1=NC2=CC=CC2=C1.Cc1ccc(-c2cc3ccccc3[cH-]2)nc1.[Cl-].[Cl-].[Zr+3]. The number of hydrogen-bond acceptors (Lipinski definition) is 2. The Kier molecular flexibility index (Phi) is 9.37. The summed E-state index contributed by atoms with van der Waals surface area (Å²) in [6, 6.07) is 16.9. The minimum Gasteiger partial charge on any atom is -1.00 e. The number of rotatable bonds is 1. The fraction of sp³-hybridized carbons (Fsp3) is 0.0870. The standard InChI is InChI=1S/C15H12N.C8H7N.2ClH.Zr/c1-11-6-7-15(16-10-11)14-8-12-4-2-3-5-13(12)9-14;1-6-5-7-3-2-4-8(7)9-6;;;/h2-10H,1H3;2-5H,1H3;2*1H;/q-1;;;;+3/p-2. The normalized spacial score (nSPS) is 13.0. The molecule has 0 saturated carbocycles. The van der Waals surface area contributed by atoms with Gasteiger partial charge in [0.15, 0.2) is 0 Å². The molecule has 1 aliphatic heterocycles. The Hall–Kier alpha value is -1.67. The summed E-state index contributed by atoms with van der Waals surface area (Å²) in [5.41, 5.74) is 6.92. The van der Waals surface area contributed by atoms with E-state index in [1.165, 1.54) is 27.5 Å². The predicted octanol–water partition coefficient (Wildman–Crippen LogP) is -0.224. The third-order valence-electron chi connectivity index (χ3n) is 4.31. The molecule has 0 unspecified atom stereocenters. The van der Waals surface area contributed by atoms with E-state index >= 15 is 0 Å². The number of fused-ring (bicyclic) bond motifs is 2. The molecule has 28 heavy (non-hydrogen) atoms. The second-order valence-corrected chi connectivity index (χ2v) is 6.36. The number of pyridine rings is 1. The van der Waals surface area contributed by atoms with Crippen LogP contribution in [0.15, 0.2) is 95.3 Å². The molecule has 0 N–H and O–H groups in total. The zero-order valence-corrected chi connectivity index (χ0v) is 19.6. The molecule has 0 fully saturated rings. The third-order valence-corrected chi connectivity index (χ3v) is 4.31. The molecule has 1 aromatic heterocycles. The maximum atomic E-state index is 4.44. The van der Waals surface area contributed by atoms with Gasteiger partial charge >= 0.3 is 26.2 Å². The van der Waals surface area contributed by atoms with Crippen LogP contribution >= 0.6 is 0 Å². The Morgan fingerprint density at radius 3 is 2.43 bits per heavy atom. The van der Waals surface area contributed by atoms with Crippen LogP contribution in [0.3, 0.4) is 0 Å². The predicted molar refractivity (Wildman–Crippen MR) is 106 cm³/mol. The molecule has 2 nitrogen and oxygen atoms in total. The van der Waals surface area contributed by atoms with Crippen LogP contribution in [0.5, 0.6) is 0 Å². The first-order valence-electron chi connectivity index (χ1n) is 8.43. The molecule has 2 heterocycles. The molecule has 2 aliphatic rings. The summed E-state index contributed by atoms with van der Waals surface area (Å²) in [5, 5.41) is 2.56. The van der Waals surface area contributed by atoms with E-state index in [0.717, 1.165) is 17.1 Å². The van der Waals surface area contributed by atoms with E-state index in [0.29, 0.717) is 0 Å². The van der Waals surface area contributed by atoms with E-state index in [4.69, 9.17) is 0 Å². The first-order chi connectivity index (χ1) is 12.2. The van der Waals surface area contributed by atoms with E-state index in [2.05, 4.69) is 77.6 Å². The summed E-state index contributed by atoms with van der Waals surface area (Å²) >= 11 is 0. The van der Waals surface area contributed by atoms with Crippen LogP contribution in [-0.2, 0) is 26.2 Å². The van der Waals surface area contributed by atoms with Crippen LogP contribution in [0.4, 0.5) is 0 Å². The number of aliphatic imine (C=N–C) groups is 1. The van der Waals surface area contributed by atoms with Crippen molar-refractivity contribution in [2.75, 3.05) is 0 Å². The van der Waals surface area contributed by atoms with Crippen molar-refractivity contribution >= 4 is 16.5 Å². The van der Waals surface area contributed by atoms with Gasteiger partial charge in [0.05, 0.1) is 5.70 Å². The first kappa shape index (κ1) is 24.4. The van der Waals surface area contributed by atoms with Gasteiger partial charge in [-0.2, -0.15) is 0 Å². The van der Waals surface area contributed by atoms with Gasteiger partial charge in [-0.25, -0.2) is 0 Å². The number of benzene rings is 1. The van der Waals surface area contributed by atoms with Gasteiger partial charge in [-0.15, -0.1) is 34.5 Å². The molecular weight excluding hydrogens is 466 g/mol. The van der Waals surface area contributed by atoms with E-state index in [1.807, 2.05) is 25.3 Å². The van der Waals surface area contributed by atoms with Gasteiger partial charge < -0.3 is 24.8 Å². The quantitative estimate of drug-likeness (QED) is 0.438. The van der Waals surface area contributed by atoms with Gasteiger partial charge in [-0.05, 0) is 31.6 Å². The Morgan fingerprint density at radius 2 is 1.75 bits per heavy atom. The van der Waals surface area contributed by atoms with Crippen molar-refractivity contribution in [3.63, 3.8) is 0 Å². The van der Waals surface area contributed by atoms with Crippen LogP contribution in [-0.4, -0.2) is 10.7 Å². The number of aromatic nitrogens is 1. The molecule has 5 rings (SSSR count). The average molecular weight is 486 g/mol. The van der Waals surface area contributed by atoms with Gasteiger partial charge in [0.2, 0.25) is 0 Å². The second kappa shape index (κ2) is 10.8. The van der Waals surface area contributed by atoms with E-state index in [1.54, 1.807) is 0 Å². The summed E-state index contributed by atoms with van der Waals surface area (Å²) in [4.78, 5) is 8.72. The molecule has 5 heteroatoms. The van der Waals surface area contributed by atoms with Gasteiger partial charge in [0, 0.05) is 23.2 Å². The zero-order chi connectivity index (χ0) is 17.2. The number of nitrogens with zero attached hydrogens (tertiary/aromatic N) is 2. The van der Waals surface area contributed by atoms with Crippen molar-refractivity contribution in [3.8, 4) is 11.3 Å². The first-order valence-corrected chi connectivity index (χ1v) is 8.43. The molecule has 0 amide bonds. The van der Waals surface area contributed by atoms with Gasteiger partial charge in [-0.1, -0.05) is 42.5 Å². The average Bonchev–Trinajstić information content (AvgIpc) is 3.29. The molecule has 1 aliphatic carbocycles. The van der Waals surface area contributed by atoms with Crippen LogP contribution in [0.25, 0.3) is 22.0 Å². The zero-order valence-electron chi connectivity index (χ0n) is 15.7. The number of halogens is 2. The summed E-state index contributed by atoms with van der Waals surface area (Å²) in [7, 11) is 0. The van der Waals surface area contributed by atoms with Crippen LogP contribution in [0, 0.1) is 6.92 Å². The molecule has 0 spiro atoms. The summed E-state index contributed by atoms with van der Waals surface area (Å²) in [6.45, 7) is 4.07. The van der Waals surface area contributed by atoms with Crippen molar-refractivity contribution in [1.29, 1.82) is 0 Å². The number of hydrogen-bond donors (Lipinski definition) is 0. The topological polar surface area (TPSA) is 25.2 Å². The number of aryl methyl sites for hydroxylation is 1. The summed E-state index contributed by atoms with van der Waals surface area (Å²) in [6.07, 6.45) is 10.1. The van der Waals surface area contributed by atoms with Gasteiger partial charge in [0.1, 0.15) is 0 Å². The monoisotopic (exact) mass is 483 g/mol. The fourth-order valence-corrected chi connectivity index (χ4v) is 3.03. The van der Waals surface area contributed by atoms with Crippen LogP contribution in [0.1, 0.15) is 12.5 Å². The van der Waals surface area contributed by atoms with Gasteiger partial charge in [0.25, 0.3) is 0 Å². The molecule has 0 bridgehead atoms. The molecule has 0 saturated heterocycles. The minimum atomic E-state index is 0. The second-order valence-electron chi connectivity index (χ2n) is 6.36. The van der Waals surface area contributed by atoms with Crippen molar-refractivity contribution in [1.82, 2.24) is 4.98 Å². The Labute approximate surface area is 197 Å². The minimum absolute atomic E-state index is 0. The Balaban J connectivity index is 0.000000284. The largest absolute Gasteiger partial charge is 3.00 e. The molecule has 139 valence electrons. The summed E-state index contributed by atoms with van der Waals surface area (Å²) < 4.78 is 0. The Bertz CT molecular complexity index is 1020. The van der Waals surface area contributed by atoms with Crippen molar-refractivity contribution < 1.29 is 51.0 Å². The molecule has 2 aromatic carbocycles. The summed E-state index contributed by atoms with van der Waals surface area (Å²) in [5.74, 6) is 0. The van der Waals surface area contributed by atoms with E-state index in [-0.39, 0.29) is 51.0 Å². The van der Waals surface area contributed by atoms with Crippen LogP contribution < -0.4 is 24.8 Å². The maximum absolute atomic E-state index is 4.44. The number of allylic oxidation sites excluding steroid dienone is 4.